The van der Waals surface area contributed by atoms with Crippen molar-refractivity contribution < 1.29 is 9.90 Å². The summed E-state index contributed by atoms with van der Waals surface area (Å²) in [6.07, 6.45) is 4.56. The molecule has 0 aliphatic heterocycles. The second-order valence-corrected chi connectivity index (χ2v) is 4.30. The lowest BCUT2D eigenvalue weighted by Gasteiger charge is -2.35. The van der Waals surface area contributed by atoms with Crippen molar-refractivity contribution in [1.82, 2.24) is 10.2 Å². The highest BCUT2D eigenvalue weighted by atomic mass is 16.4. The molecule has 0 radical (unpaired) electrons. The minimum Gasteiger partial charge on any atom is -0.480 e. The molecule has 1 saturated carbocycles. The highest BCUT2D eigenvalue weighted by Gasteiger charge is 2.23. The first-order valence-electron chi connectivity index (χ1n) is 5.81. The summed E-state index contributed by atoms with van der Waals surface area (Å²) in [4.78, 5) is 13.2. The van der Waals surface area contributed by atoms with Crippen LogP contribution in [0.5, 0.6) is 0 Å². The fourth-order valence-corrected chi connectivity index (χ4v) is 1.90. The molecule has 0 aromatic heterocycles. The van der Waals surface area contributed by atoms with Gasteiger partial charge in [-0.15, -0.1) is 0 Å². The van der Waals surface area contributed by atoms with E-state index in [0.717, 1.165) is 6.54 Å². The van der Waals surface area contributed by atoms with E-state index in [1.807, 2.05) is 6.92 Å². The number of hydrogen-bond acceptors (Lipinski definition) is 3. The summed E-state index contributed by atoms with van der Waals surface area (Å²) in [5, 5.41) is 11.9. The minimum absolute atomic E-state index is 0.391. The van der Waals surface area contributed by atoms with Crippen molar-refractivity contribution in [3.63, 3.8) is 0 Å². The summed E-state index contributed by atoms with van der Waals surface area (Å²) in [5.41, 5.74) is 0. The standard InChI is InChI=1S/C11H22N2O2/c1-3-12-10(11(14)15)7-8-13(2)9-5-4-6-9/h9-10,12H,3-8H2,1-2H3,(H,14,15). The van der Waals surface area contributed by atoms with Gasteiger partial charge in [0.05, 0.1) is 0 Å². The molecule has 1 unspecified atom stereocenters. The molecule has 2 N–H and O–H groups in total. The van der Waals surface area contributed by atoms with Crippen LogP contribution in [0.2, 0.25) is 0 Å². The van der Waals surface area contributed by atoms with Crippen LogP contribution in [0.4, 0.5) is 0 Å². The van der Waals surface area contributed by atoms with E-state index in [2.05, 4.69) is 17.3 Å². The normalized spacial score (nSPS) is 18.9. The van der Waals surface area contributed by atoms with Crippen LogP contribution in [0.3, 0.4) is 0 Å². The summed E-state index contributed by atoms with van der Waals surface area (Å²) >= 11 is 0. The van der Waals surface area contributed by atoms with Gasteiger partial charge in [0.2, 0.25) is 0 Å². The number of nitrogens with zero attached hydrogens (tertiary/aromatic N) is 1. The van der Waals surface area contributed by atoms with Gasteiger partial charge in [-0.05, 0) is 32.9 Å². The van der Waals surface area contributed by atoms with Crippen molar-refractivity contribution in [2.24, 2.45) is 0 Å². The summed E-state index contributed by atoms with van der Waals surface area (Å²) in [7, 11) is 2.09. The average Bonchev–Trinajstić information content (AvgIpc) is 2.08. The maximum absolute atomic E-state index is 10.9. The summed E-state index contributed by atoms with van der Waals surface area (Å²) < 4.78 is 0. The molecular formula is C11H22N2O2. The van der Waals surface area contributed by atoms with Gasteiger partial charge < -0.3 is 15.3 Å². The zero-order valence-electron chi connectivity index (χ0n) is 9.70. The molecule has 1 aliphatic rings. The van der Waals surface area contributed by atoms with Gasteiger partial charge in [0, 0.05) is 12.6 Å². The molecule has 0 amide bonds. The lowest BCUT2D eigenvalue weighted by molar-refractivity contribution is -0.139. The molecule has 0 bridgehead atoms. The Morgan fingerprint density at radius 2 is 2.27 bits per heavy atom. The predicted molar refractivity (Wildman–Crippen MR) is 60.0 cm³/mol. The second-order valence-electron chi connectivity index (χ2n) is 4.30. The molecule has 88 valence electrons. The Hall–Kier alpha value is -0.610. The van der Waals surface area contributed by atoms with Gasteiger partial charge in [-0.1, -0.05) is 13.3 Å². The van der Waals surface area contributed by atoms with Gasteiger partial charge in [0.1, 0.15) is 6.04 Å². The lowest BCUT2D eigenvalue weighted by Crippen LogP contribution is -2.43. The molecular weight excluding hydrogens is 192 g/mol. The number of nitrogens with one attached hydrogen (secondary N) is 1. The van der Waals surface area contributed by atoms with Crippen LogP contribution in [0.1, 0.15) is 32.6 Å². The van der Waals surface area contributed by atoms with Crippen molar-refractivity contribution in [2.75, 3.05) is 20.1 Å². The fourth-order valence-electron chi connectivity index (χ4n) is 1.90. The zero-order chi connectivity index (χ0) is 11.3. The number of carbonyl (C=O) groups is 1. The molecule has 0 aromatic carbocycles. The van der Waals surface area contributed by atoms with Gasteiger partial charge in [-0.2, -0.15) is 0 Å². The topological polar surface area (TPSA) is 52.6 Å². The molecule has 0 saturated heterocycles. The van der Waals surface area contributed by atoms with Crippen LogP contribution in [-0.2, 0) is 4.79 Å². The Morgan fingerprint density at radius 1 is 1.60 bits per heavy atom. The van der Waals surface area contributed by atoms with Crippen molar-refractivity contribution in [3.8, 4) is 0 Å². The van der Waals surface area contributed by atoms with E-state index < -0.39 is 12.0 Å². The Labute approximate surface area is 91.6 Å². The van der Waals surface area contributed by atoms with Gasteiger partial charge in [0.15, 0.2) is 0 Å². The quantitative estimate of drug-likeness (QED) is 0.662. The van der Waals surface area contributed by atoms with Crippen LogP contribution < -0.4 is 5.32 Å². The van der Waals surface area contributed by atoms with Crippen LogP contribution in [0.15, 0.2) is 0 Å². The van der Waals surface area contributed by atoms with E-state index in [0.29, 0.717) is 19.0 Å². The van der Waals surface area contributed by atoms with Gasteiger partial charge in [-0.25, -0.2) is 0 Å². The van der Waals surface area contributed by atoms with Crippen LogP contribution in [0, 0.1) is 0 Å². The highest BCUT2D eigenvalue weighted by molar-refractivity contribution is 5.73. The van der Waals surface area contributed by atoms with E-state index in [1.165, 1.54) is 19.3 Å². The molecule has 1 rings (SSSR count). The van der Waals surface area contributed by atoms with Crippen molar-refractivity contribution in [1.29, 1.82) is 0 Å². The largest absolute Gasteiger partial charge is 0.480 e. The zero-order valence-corrected chi connectivity index (χ0v) is 9.70. The Morgan fingerprint density at radius 3 is 2.67 bits per heavy atom. The van der Waals surface area contributed by atoms with E-state index in [1.54, 1.807) is 0 Å². The van der Waals surface area contributed by atoms with Gasteiger partial charge in [-0.3, -0.25) is 4.79 Å². The van der Waals surface area contributed by atoms with E-state index in [-0.39, 0.29) is 0 Å². The van der Waals surface area contributed by atoms with Crippen molar-refractivity contribution in [2.45, 2.75) is 44.7 Å². The molecule has 4 heteroatoms. The third kappa shape index (κ3) is 3.80. The number of likely N-dealkylation sites (N-methyl/N-ethyl adjacent to an activating group) is 1. The summed E-state index contributed by atoms with van der Waals surface area (Å²) in [5.74, 6) is -0.737. The molecule has 15 heavy (non-hydrogen) atoms. The minimum atomic E-state index is -0.737. The number of rotatable bonds is 7. The summed E-state index contributed by atoms with van der Waals surface area (Å²) in [6, 6.07) is 0.304. The van der Waals surface area contributed by atoms with Gasteiger partial charge in [0.25, 0.3) is 0 Å². The lowest BCUT2D eigenvalue weighted by atomic mass is 9.91. The van der Waals surface area contributed by atoms with Gasteiger partial charge >= 0.3 is 5.97 Å². The number of carboxylic acids is 1. The Bertz CT molecular complexity index is 205. The molecule has 0 heterocycles. The highest BCUT2D eigenvalue weighted by Crippen LogP contribution is 2.23. The second kappa shape index (κ2) is 6.08. The smallest absolute Gasteiger partial charge is 0.320 e. The van der Waals surface area contributed by atoms with Crippen LogP contribution in [0.25, 0.3) is 0 Å². The first-order valence-corrected chi connectivity index (χ1v) is 5.81. The molecule has 0 aromatic rings. The third-order valence-corrected chi connectivity index (χ3v) is 3.22. The molecule has 0 spiro atoms. The summed E-state index contributed by atoms with van der Waals surface area (Å²) in [6.45, 7) is 3.52. The molecule has 1 aliphatic carbocycles. The predicted octanol–water partition coefficient (Wildman–Crippen LogP) is 0.923. The monoisotopic (exact) mass is 214 g/mol. The number of aliphatic carboxylic acids is 1. The van der Waals surface area contributed by atoms with E-state index in [4.69, 9.17) is 5.11 Å². The van der Waals surface area contributed by atoms with Crippen molar-refractivity contribution >= 4 is 5.97 Å². The van der Waals surface area contributed by atoms with Crippen LogP contribution in [-0.4, -0.2) is 48.2 Å². The fraction of sp³-hybridized carbons (Fsp3) is 0.909. The third-order valence-electron chi connectivity index (χ3n) is 3.22. The first kappa shape index (κ1) is 12.5. The SMILES string of the molecule is CCNC(CCN(C)C1CCC1)C(=O)O. The van der Waals surface area contributed by atoms with E-state index in [9.17, 15) is 4.79 Å². The average molecular weight is 214 g/mol. The molecule has 1 atom stereocenters. The Balaban J connectivity index is 2.22. The first-order chi connectivity index (χ1) is 7.15. The number of carboxylic acid groups (broad SMARTS) is 1. The maximum Gasteiger partial charge on any atom is 0.320 e. The maximum atomic E-state index is 10.9. The van der Waals surface area contributed by atoms with Crippen LogP contribution >= 0.6 is 0 Å². The van der Waals surface area contributed by atoms with Crippen molar-refractivity contribution in [3.05, 3.63) is 0 Å². The molecule has 1 fully saturated rings. The molecule has 4 nitrogen and oxygen atoms in total. The Kier molecular flexibility index (Phi) is 5.05. The van der Waals surface area contributed by atoms with E-state index >= 15 is 0 Å². The number of hydrogen-bond donors (Lipinski definition) is 2.